The molecule has 3 N–H and O–H groups in total. The molecule has 1 aromatic rings. The van der Waals surface area contributed by atoms with Gasteiger partial charge in [-0.2, -0.15) is 5.26 Å². The highest BCUT2D eigenvalue weighted by atomic mass is 17.1. The van der Waals surface area contributed by atoms with Crippen LogP contribution >= 0.6 is 0 Å². The lowest BCUT2D eigenvalue weighted by Gasteiger charge is -2.01. The lowest BCUT2D eigenvalue weighted by Crippen LogP contribution is -2.11. The first-order chi connectivity index (χ1) is 7.13. The van der Waals surface area contributed by atoms with Gasteiger partial charge in [-0.15, -0.1) is 0 Å². The fraction of sp³-hybridized carbons (Fsp3) is 0.200. The van der Waals surface area contributed by atoms with Gasteiger partial charge in [-0.3, -0.25) is 4.79 Å². The molecule has 15 heavy (non-hydrogen) atoms. The van der Waals surface area contributed by atoms with Crippen LogP contribution in [0.15, 0.2) is 24.3 Å². The molecule has 0 atom stereocenters. The zero-order valence-corrected chi connectivity index (χ0v) is 7.97. The van der Waals surface area contributed by atoms with E-state index in [0.29, 0.717) is 12.0 Å². The molecule has 1 aromatic carbocycles. The maximum Gasteiger partial charge on any atom is 0.342 e. The Morgan fingerprint density at radius 2 is 2.13 bits per heavy atom. The van der Waals surface area contributed by atoms with E-state index in [-0.39, 0.29) is 6.42 Å². The Balaban J connectivity index is 2.66. The van der Waals surface area contributed by atoms with Crippen molar-refractivity contribution in [3.05, 3.63) is 35.4 Å². The number of rotatable bonds is 4. The van der Waals surface area contributed by atoms with Crippen molar-refractivity contribution in [2.24, 2.45) is 5.73 Å². The summed E-state index contributed by atoms with van der Waals surface area (Å²) in [5.74, 6) is -1.22. The first kappa shape index (κ1) is 11.2. The van der Waals surface area contributed by atoms with E-state index in [1.807, 2.05) is 0 Å². The summed E-state index contributed by atoms with van der Waals surface area (Å²) in [6.45, 7) is 0. The summed E-state index contributed by atoms with van der Waals surface area (Å²) < 4.78 is 0. The van der Waals surface area contributed by atoms with E-state index >= 15 is 0 Å². The molecule has 0 spiro atoms. The quantitative estimate of drug-likeness (QED) is 0.565. The molecule has 1 rings (SSSR count). The molecule has 80 valence electrons. The van der Waals surface area contributed by atoms with Gasteiger partial charge >= 0.3 is 5.97 Å². The minimum Gasteiger partial charge on any atom is -0.366 e. The summed E-state index contributed by atoms with van der Waals surface area (Å²) in [7, 11) is 0. The number of nitrogens with two attached hydrogens (primary N) is 1. The highest BCUT2D eigenvalue weighted by molar-refractivity contribution is 5.92. The average Bonchev–Trinajstić information content (AvgIpc) is 2.26. The minimum absolute atomic E-state index is 0.0543. The van der Waals surface area contributed by atoms with Gasteiger partial charge in [-0.1, -0.05) is 12.1 Å². The smallest absolute Gasteiger partial charge is 0.342 e. The maximum atomic E-state index is 10.8. The molecular formula is C10H11NO4. The summed E-state index contributed by atoms with van der Waals surface area (Å²) in [6, 6.07) is 6.64. The molecule has 0 aliphatic heterocycles. The van der Waals surface area contributed by atoms with Gasteiger partial charge in [0.1, 0.15) is 0 Å². The van der Waals surface area contributed by atoms with Crippen molar-refractivity contribution in [2.45, 2.75) is 12.8 Å². The van der Waals surface area contributed by atoms with Gasteiger partial charge in [0.2, 0.25) is 5.91 Å². The number of hydrogen-bond donors (Lipinski definition) is 2. The number of carbonyl (C=O) groups is 2. The van der Waals surface area contributed by atoms with Crippen LogP contribution in [0.2, 0.25) is 0 Å². The van der Waals surface area contributed by atoms with Crippen molar-refractivity contribution in [1.82, 2.24) is 0 Å². The maximum absolute atomic E-state index is 10.8. The predicted molar refractivity (Wildman–Crippen MR) is 52.0 cm³/mol. The van der Waals surface area contributed by atoms with Gasteiger partial charge in [0.25, 0.3) is 0 Å². The van der Waals surface area contributed by atoms with E-state index in [1.54, 1.807) is 24.3 Å². The van der Waals surface area contributed by atoms with Crippen LogP contribution in [0, 0.1) is 0 Å². The summed E-state index contributed by atoms with van der Waals surface area (Å²) >= 11 is 0. The van der Waals surface area contributed by atoms with Gasteiger partial charge < -0.3 is 10.6 Å². The van der Waals surface area contributed by atoms with Crippen LogP contribution in [-0.2, 0) is 16.1 Å². The van der Waals surface area contributed by atoms with Crippen LogP contribution < -0.4 is 5.73 Å². The van der Waals surface area contributed by atoms with Crippen LogP contribution in [0.4, 0.5) is 0 Å². The molecule has 0 radical (unpaired) electrons. The standard InChI is InChI=1S/C10H11NO4/c11-10(13)8-3-1-2-7(6-8)4-5-9(12)15-14/h1-3,6,14H,4-5H2,(H2,11,13). The Morgan fingerprint density at radius 1 is 1.40 bits per heavy atom. The molecule has 0 aliphatic carbocycles. The summed E-state index contributed by atoms with van der Waals surface area (Å²) in [5, 5.41) is 8.03. The largest absolute Gasteiger partial charge is 0.366 e. The highest BCUT2D eigenvalue weighted by Crippen LogP contribution is 2.07. The van der Waals surface area contributed by atoms with Crippen LogP contribution in [0.1, 0.15) is 22.3 Å². The van der Waals surface area contributed by atoms with E-state index < -0.39 is 11.9 Å². The molecule has 0 saturated carbocycles. The third-order valence-electron chi connectivity index (χ3n) is 1.93. The molecule has 0 unspecified atom stereocenters. The van der Waals surface area contributed by atoms with Crippen molar-refractivity contribution in [2.75, 3.05) is 0 Å². The fourth-order valence-corrected chi connectivity index (χ4v) is 1.17. The zero-order valence-electron chi connectivity index (χ0n) is 7.97. The normalized spacial score (nSPS) is 9.67. The van der Waals surface area contributed by atoms with Gasteiger partial charge in [0.15, 0.2) is 0 Å². The molecule has 1 amide bonds. The number of aryl methyl sites for hydroxylation is 1. The van der Waals surface area contributed by atoms with Gasteiger partial charge in [0, 0.05) is 5.56 Å². The van der Waals surface area contributed by atoms with Gasteiger partial charge in [-0.25, -0.2) is 4.79 Å². The first-order valence-electron chi connectivity index (χ1n) is 4.36. The lowest BCUT2D eigenvalue weighted by atomic mass is 10.1. The fourth-order valence-electron chi connectivity index (χ4n) is 1.17. The summed E-state index contributed by atoms with van der Waals surface area (Å²) in [4.78, 5) is 25.0. The Bertz CT molecular complexity index is 375. The van der Waals surface area contributed by atoms with Gasteiger partial charge in [0.05, 0.1) is 6.42 Å². The minimum atomic E-state index is -0.709. The Labute approximate surface area is 86.4 Å². The molecule has 0 bridgehead atoms. The van der Waals surface area contributed by atoms with Crippen molar-refractivity contribution in [3.8, 4) is 0 Å². The summed E-state index contributed by atoms with van der Waals surface area (Å²) in [5.41, 5.74) is 6.28. The number of carbonyl (C=O) groups excluding carboxylic acids is 2. The number of hydrogen-bond acceptors (Lipinski definition) is 4. The van der Waals surface area contributed by atoms with E-state index in [4.69, 9.17) is 11.0 Å². The average molecular weight is 209 g/mol. The van der Waals surface area contributed by atoms with Crippen LogP contribution in [0.25, 0.3) is 0 Å². The second kappa shape index (κ2) is 5.11. The molecule has 0 saturated heterocycles. The second-order valence-electron chi connectivity index (χ2n) is 3.03. The van der Waals surface area contributed by atoms with Crippen molar-refractivity contribution in [3.63, 3.8) is 0 Å². The molecule has 0 aliphatic rings. The molecule has 0 fully saturated rings. The van der Waals surface area contributed by atoms with Gasteiger partial charge in [-0.05, 0) is 24.1 Å². The second-order valence-corrected chi connectivity index (χ2v) is 3.03. The molecule has 5 nitrogen and oxygen atoms in total. The summed E-state index contributed by atoms with van der Waals surface area (Å²) in [6.07, 6.45) is 0.444. The lowest BCUT2D eigenvalue weighted by molar-refractivity contribution is -0.234. The Morgan fingerprint density at radius 3 is 2.73 bits per heavy atom. The van der Waals surface area contributed by atoms with Crippen LogP contribution in [0.3, 0.4) is 0 Å². The van der Waals surface area contributed by atoms with E-state index in [2.05, 4.69) is 4.89 Å². The molecule has 0 heterocycles. The Hall–Kier alpha value is -1.88. The number of primary amides is 1. The highest BCUT2D eigenvalue weighted by Gasteiger charge is 2.05. The van der Waals surface area contributed by atoms with E-state index in [9.17, 15) is 9.59 Å². The monoisotopic (exact) mass is 209 g/mol. The third-order valence-corrected chi connectivity index (χ3v) is 1.93. The first-order valence-corrected chi connectivity index (χ1v) is 4.36. The van der Waals surface area contributed by atoms with E-state index in [0.717, 1.165) is 5.56 Å². The molecule has 0 aromatic heterocycles. The topological polar surface area (TPSA) is 89.6 Å². The van der Waals surface area contributed by atoms with Crippen LogP contribution in [0.5, 0.6) is 0 Å². The predicted octanol–water partition coefficient (Wildman–Crippen LogP) is 0.734. The van der Waals surface area contributed by atoms with Crippen molar-refractivity contribution < 1.29 is 19.7 Å². The SMILES string of the molecule is NC(=O)c1cccc(CCC(=O)OO)c1. The zero-order chi connectivity index (χ0) is 11.3. The number of benzene rings is 1. The molecule has 5 heteroatoms. The van der Waals surface area contributed by atoms with Crippen molar-refractivity contribution >= 4 is 11.9 Å². The number of amides is 1. The Kier molecular flexibility index (Phi) is 3.82. The molecular weight excluding hydrogens is 198 g/mol. The van der Waals surface area contributed by atoms with E-state index in [1.165, 1.54) is 0 Å². The van der Waals surface area contributed by atoms with Crippen LogP contribution in [-0.4, -0.2) is 17.1 Å². The third kappa shape index (κ3) is 3.40. The van der Waals surface area contributed by atoms with Crippen molar-refractivity contribution in [1.29, 1.82) is 0 Å².